The highest BCUT2D eigenvalue weighted by atomic mass is 127. The van der Waals surface area contributed by atoms with Crippen molar-refractivity contribution in [1.82, 2.24) is 10.2 Å². The molecule has 0 aromatic heterocycles. The highest BCUT2D eigenvalue weighted by Gasteiger charge is 2.00. The molecule has 0 aliphatic rings. The predicted molar refractivity (Wildman–Crippen MR) is 83.2 cm³/mol. The van der Waals surface area contributed by atoms with Gasteiger partial charge in [0, 0.05) is 23.2 Å². The summed E-state index contributed by atoms with van der Waals surface area (Å²) < 4.78 is 1.30. The largest absolute Gasteiger partial charge is 0.315 e. The fraction of sp³-hybridized carbons (Fsp3) is 0.571. The quantitative estimate of drug-likeness (QED) is 0.603. The maximum Gasteiger partial charge on any atom is 0.0231 e. The van der Waals surface area contributed by atoms with Crippen molar-refractivity contribution in [3.63, 3.8) is 0 Å². The normalized spacial score (nSPS) is 11.4. The Morgan fingerprint density at radius 3 is 2.47 bits per heavy atom. The lowest BCUT2D eigenvalue weighted by Crippen LogP contribution is -2.30. The number of nitrogens with zero attached hydrogens (tertiary/aromatic N) is 1. The van der Waals surface area contributed by atoms with Crippen LogP contribution >= 0.6 is 22.6 Å². The molecular formula is C14H23IN2. The maximum absolute atomic E-state index is 3.47. The topological polar surface area (TPSA) is 15.3 Å². The minimum Gasteiger partial charge on any atom is -0.315 e. The van der Waals surface area contributed by atoms with Crippen molar-refractivity contribution in [3.8, 4) is 0 Å². The van der Waals surface area contributed by atoms with Gasteiger partial charge in [0.1, 0.15) is 0 Å². The molecule has 1 aromatic rings. The molecule has 2 nitrogen and oxygen atoms in total. The number of nitrogens with one attached hydrogen (secondary N) is 1. The van der Waals surface area contributed by atoms with Crippen LogP contribution in [0.5, 0.6) is 0 Å². The van der Waals surface area contributed by atoms with Crippen molar-refractivity contribution in [2.45, 2.75) is 20.4 Å². The highest BCUT2D eigenvalue weighted by Crippen LogP contribution is 2.08. The van der Waals surface area contributed by atoms with Crippen LogP contribution in [-0.2, 0) is 6.54 Å². The van der Waals surface area contributed by atoms with Gasteiger partial charge >= 0.3 is 0 Å². The van der Waals surface area contributed by atoms with E-state index in [4.69, 9.17) is 0 Å². The fourth-order valence-corrected chi connectivity index (χ4v) is 2.00. The van der Waals surface area contributed by atoms with Crippen LogP contribution in [-0.4, -0.2) is 31.6 Å². The van der Waals surface area contributed by atoms with Gasteiger partial charge in [-0.3, -0.25) is 0 Å². The number of benzene rings is 1. The predicted octanol–water partition coefficient (Wildman–Crippen LogP) is 2.97. The van der Waals surface area contributed by atoms with Gasteiger partial charge in [-0.05, 0) is 59.8 Å². The van der Waals surface area contributed by atoms with E-state index in [1.54, 1.807) is 0 Å². The number of hydrogen-bond acceptors (Lipinski definition) is 2. The van der Waals surface area contributed by atoms with E-state index in [0.29, 0.717) is 0 Å². The molecule has 0 atom stereocenters. The van der Waals surface area contributed by atoms with E-state index in [2.05, 4.69) is 78.0 Å². The number of rotatable bonds is 7. The molecule has 0 bridgehead atoms. The molecule has 0 unspecified atom stereocenters. The van der Waals surface area contributed by atoms with Crippen LogP contribution in [0.1, 0.15) is 19.4 Å². The second-order valence-corrected chi connectivity index (χ2v) is 6.21. The van der Waals surface area contributed by atoms with Crippen LogP contribution in [0.2, 0.25) is 0 Å². The molecule has 0 amide bonds. The molecule has 0 aliphatic heterocycles. The Labute approximate surface area is 119 Å². The SMILES string of the molecule is CC(C)CNCCN(C)Cc1ccc(I)cc1. The summed E-state index contributed by atoms with van der Waals surface area (Å²) in [6, 6.07) is 8.75. The summed E-state index contributed by atoms with van der Waals surface area (Å²) in [7, 11) is 2.18. The third-order valence-corrected chi connectivity index (χ3v) is 3.31. The average molecular weight is 346 g/mol. The van der Waals surface area contributed by atoms with Gasteiger partial charge in [0.05, 0.1) is 0 Å². The molecule has 0 fully saturated rings. The Hall–Kier alpha value is -0.130. The summed E-state index contributed by atoms with van der Waals surface area (Å²) in [6.07, 6.45) is 0. The Bertz CT molecular complexity index is 309. The zero-order valence-corrected chi connectivity index (χ0v) is 13.2. The lowest BCUT2D eigenvalue weighted by atomic mass is 10.2. The Morgan fingerprint density at radius 2 is 1.88 bits per heavy atom. The lowest BCUT2D eigenvalue weighted by Gasteiger charge is -2.17. The minimum atomic E-state index is 0.733. The van der Waals surface area contributed by atoms with Crippen molar-refractivity contribution in [1.29, 1.82) is 0 Å². The van der Waals surface area contributed by atoms with Gasteiger partial charge in [-0.25, -0.2) is 0 Å². The molecule has 17 heavy (non-hydrogen) atoms. The molecule has 0 saturated carbocycles. The second kappa shape index (κ2) is 8.06. The smallest absolute Gasteiger partial charge is 0.0231 e. The van der Waals surface area contributed by atoms with E-state index in [9.17, 15) is 0 Å². The fourth-order valence-electron chi connectivity index (χ4n) is 1.64. The molecule has 1 rings (SSSR count). The van der Waals surface area contributed by atoms with Crippen LogP contribution in [0.25, 0.3) is 0 Å². The van der Waals surface area contributed by atoms with Crippen molar-refractivity contribution in [2.24, 2.45) is 5.92 Å². The Morgan fingerprint density at radius 1 is 1.24 bits per heavy atom. The van der Waals surface area contributed by atoms with E-state index < -0.39 is 0 Å². The van der Waals surface area contributed by atoms with Gasteiger partial charge in [-0.1, -0.05) is 26.0 Å². The third-order valence-electron chi connectivity index (χ3n) is 2.59. The minimum absolute atomic E-state index is 0.733. The van der Waals surface area contributed by atoms with E-state index in [1.165, 1.54) is 9.13 Å². The second-order valence-electron chi connectivity index (χ2n) is 4.96. The highest BCUT2D eigenvalue weighted by molar-refractivity contribution is 14.1. The van der Waals surface area contributed by atoms with Crippen LogP contribution in [0.3, 0.4) is 0 Å². The first-order valence-corrected chi connectivity index (χ1v) is 7.29. The molecule has 0 aliphatic carbocycles. The molecular weight excluding hydrogens is 323 g/mol. The summed E-state index contributed by atoms with van der Waals surface area (Å²) in [5, 5.41) is 3.47. The van der Waals surface area contributed by atoms with Crippen LogP contribution < -0.4 is 5.32 Å². The molecule has 0 radical (unpaired) electrons. The van der Waals surface area contributed by atoms with E-state index in [1.807, 2.05) is 0 Å². The van der Waals surface area contributed by atoms with Gasteiger partial charge in [-0.2, -0.15) is 0 Å². The summed E-state index contributed by atoms with van der Waals surface area (Å²) in [4.78, 5) is 2.36. The summed E-state index contributed by atoms with van der Waals surface area (Å²) in [5.74, 6) is 0.733. The molecule has 0 heterocycles. The van der Waals surface area contributed by atoms with Crippen LogP contribution in [0.15, 0.2) is 24.3 Å². The average Bonchev–Trinajstić information content (AvgIpc) is 2.27. The van der Waals surface area contributed by atoms with Gasteiger partial charge in [-0.15, -0.1) is 0 Å². The lowest BCUT2D eigenvalue weighted by molar-refractivity contribution is 0.321. The number of halogens is 1. The van der Waals surface area contributed by atoms with Crippen molar-refractivity contribution in [2.75, 3.05) is 26.7 Å². The van der Waals surface area contributed by atoms with Gasteiger partial charge in [0.2, 0.25) is 0 Å². The van der Waals surface area contributed by atoms with Gasteiger partial charge in [0.15, 0.2) is 0 Å². The standard InChI is InChI=1S/C14H23IN2/c1-12(2)10-16-8-9-17(3)11-13-4-6-14(15)7-5-13/h4-7,12,16H,8-11H2,1-3H3. The summed E-state index contributed by atoms with van der Waals surface area (Å²) in [6.45, 7) is 8.78. The first-order chi connectivity index (χ1) is 8.08. The third kappa shape index (κ3) is 7.01. The van der Waals surface area contributed by atoms with E-state index >= 15 is 0 Å². The zero-order valence-electron chi connectivity index (χ0n) is 11.0. The molecule has 1 N–H and O–H groups in total. The summed E-state index contributed by atoms with van der Waals surface area (Å²) in [5.41, 5.74) is 1.39. The van der Waals surface area contributed by atoms with Crippen molar-refractivity contribution in [3.05, 3.63) is 33.4 Å². The van der Waals surface area contributed by atoms with E-state index in [0.717, 1.165) is 32.1 Å². The Balaban J connectivity index is 2.20. The molecule has 96 valence electrons. The summed E-state index contributed by atoms with van der Waals surface area (Å²) >= 11 is 2.34. The van der Waals surface area contributed by atoms with Gasteiger partial charge in [0.25, 0.3) is 0 Å². The zero-order chi connectivity index (χ0) is 12.7. The van der Waals surface area contributed by atoms with Gasteiger partial charge < -0.3 is 10.2 Å². The molecule has 0 spiro atoms. The first kappa shape index (κ1) is 14.9. The molecule has 3 heteroatoms. The van der Waals surface area contributed by atoms with Crippen molar-refractivity contribution >= 4 is 22.6 Å². The van der Waals surface area contributed by atoms with Crippen molar-refractivity contribution < 1.29 is 0 Å². The van der Waals surface area contributed by atoms with Crippen LogP contribution in [0, 0.1) is 9.49 Å². The first-order valence-electron chi connectivity index (χ1n) is 6.21. The molecule has 0 saturated heterocycles. The van der Waals surface area contributed by atoms with E-state index in [-0.39, 0.29) is 0 Å². The Kier molecular flexibility index (Phi) is 7.08. The molecule has 1 aromatic carbocycles. The van der Waals surface area contributed by atoms with Crippen LogP contribution in [0.4, 0.5) is 0 Å². The maximum atomic E-state index is 3.47. The monoisotopic (exact) mass is 346 g/mol. The number of likely N-dealkylation sites (N-methyl/N-ethyl adjacent to an activating group) is 1. The number of hydrogen-bond donors (Lipinski definition) is 1.